The molecular weight excluding hydrogens is 721 g/mol. The summed E-state index contributed by atoms with van der Waals surface area (Å²) in [6.07, 6.45) is 14.4. The van der Waals surface area contributed by atoms with Crippen LogP contribution in [0.3, 0.4) is 0 Å². The van der Waals surface area contributed by atoms with E-state index < -0.39 is 0 Å². The Morgan fingerprint density at radius 1 is 0.429 bits per heavy atom. The number of anilines is 2. The van der Waals surface area contributed by atoms with Gasteiger partial charge in [-0.25, -0.2) is 9.97 Å². The maximum Gasteiger partial charge on any atom is 0.124 e. The van der Waals surface area contributed by atoms with Crippen LogP contribution in [0.1, 0.15) is 61.9 Å². The molecule has 0 unspecified atom stereocenters. The third kappa shape index (κ3) is 6.11. The molecule has 6 heteroatoms. The van der Waals surface area contributed by atoms with Crippen molar-refractivity contribution in [1.29, 1.82) is 0 Å². The van der Waals surface area contributed by atoms with Crippen molar-refractivity contribution in [2.45, 2.75) is 51.4 Å². The van der Waals surface area contributed by atoms with E-state index in [0.29, 0.717) is 0 Å². The number of fused-ring (bicyclic) bond motifs is 4. The molecule has 8 aromatic rings. The fraction of sp³-hybridized carbons (Fsp3) is 0.240. The molecule has 0 radical (unpaired) electrons. The highest BCUT2D eigenvalue weighted by Crippen LogP contribution is 2.47. The maximum atomic E-state index is 5.04. The van der Waals surface area contributed by atoms with Gasteiger partial charge in [-0.1, -0.05) is 72.8 Å². The summed E-state index contributed by atoms with van der Waals surface area (Å²) in [6, 6.07) is 41.0. The topological polar surface area (TPSA) is 32.3 Å². The van der Waals surface area contributed by atoms with Crippen molar-refractivity contribution in [1.82, 2.24) is 9.97 Å². The van der Waals surface area contributed by atoms with Crippen molar-refractivity contribution in [2.75, 3.05) is 36.0 Å². The highest BCUT2D eigenvalue weighted by atomic mass is 32.1. The molecule has 0 N–H and O–H groups in total. The van der Waals surface area contributed by atoms with Crippen LogP contribution >= 0.6 is 22.7 Å². The minimum absolute atomic E-state index is 0.987. The molecule has 2 fully saturated rings. The highest BCUT2D eigenvalue weighted by molar-refractivity contribution is 7.21. The van der Waals surface area contributed by atoms with Gasteiger partial charge >= 0.3 is 0 Å². The van der Waals surface area contributed by atoms with E-state index in [4.69, 9.17) is 9.97 Å². The molecule has 0 spiro atoms. The fourth-order valence-electron chi connectivity index (χ4n) is 9.37. The van der Waals surface area contributed by atoms with Gasteiger partial charge in [-0.3, -0.25) is 0 Å². The Hall–Kier alpha value is -5.30. The Morgan fingerprint density at radius 2 is 0.929 bits per heavy atom. The molecule has 1 aliphatic carbocycles. The molecule has 4 nitrogen and oxygen atoms in total. The minimum Gasteiger partial charge on any atom is -0.372 e. The highest BCUT2D eigenvalue weighted by Gasteiger charge is 2.24. The van der Waals surface area contributed by atoms with E-state index in [-0.39, 0.29) is 0 Å². The van der Waals surface area contributed by atoms with Gasteiger partial charge in [-0.2, -0.15) is 0 Å². The summed E-state index contributed by atoms with van der Waals surface area (Å²) < 4.78 is 2.49. The molecule has 3 aliphatic rings. The van der Waals surface area contributed by atoms with E-state index in [1.807, 2.05) is 11.3 Å². The van der Waals surface area contributed by atoms with Crippen molar-refractivity contribution in [3.05, 3.63) is 132 Å². The lowest BCUT2D eigenvalue weighted by Crippen LogP contribution is -2.29. The number of piperidine rings is 2. The second kappa shape index (κ2) is 14.3. The van der Waals surface area contributed by atoms with E-state index in [1.165, 1.54) is 114 Å². The third-order valence-corrected chi connectivity index (χ3v) is 14.5. The number of hydrogen-bond donors (Lipinski definition) is 0. The van der Waals surface area contributed by atoms with Crippen LogP contribution in [0.4, 0.5) is 11.4 Å². The SMILES string of the molecule is C1=C(c2nc3ccccc3s2)CCC(c2c3cc(N4CCCCC4)ccc3c(-c3ccc(-c4nc5ccccc5s4)cc3)c3cc(N4CCCCC4)ccc23)=C1. The van der Waals surface area contributed by atoms with E-state index in [1.54, 1.807) is 11.3 Å². The van der Waals surface area contributed by atoms with Gasteiger partial charge in [0.05, 0.1) is 20.4 Å². The summed E-state index contributed by atoms with van der Waals surface area (Å²) in [5.74, 6) is 0. The molecule has 0 saturated carbocycles. The average Bonchev–Trinajstić information content (AvgIpc) is 3.91. The first-order chi connectivity index (χ1) is 27.7. The van der Waals surface area contributed by atoms with Gasteiger partial charge < -0.3 is 9.80 Å². The molecule has 2 saturated heterocycles. The number of rotatable bonds is 6. The Morgan fingerprint density at radius 3 is 1.52 bits per heavy atom. The Labute approximate surface area is 336 Å². The van der Waals surface area contributed by atoms with Crippen molar-refractivity contribution < 1.29 is 0 Å². The molecule has 6 aromatic carbocycles. The zero-order valence-corrected chi connectivity index (χ0v) is 33.3. The van der Waals surface area contributed by atoms with Gasteiger partial charge in [0.1, 0.15) is 10.0 Å². The van der Waals surface area contributed by atoms with Crippen LogP contribution in [-0.2, 0) is 0 Å². The third-order valence-electron chi connectivity index (χ3n) is 12.3. The zero-order chi connectivity index (χ0) is 37.0. The Bertz CT molecular complexity index is 2760. The van der Waals surface area contributed by atoms with Gasteiger partial charge in [0, 0.05) is 43.1 Å². The summed E-state index contributed by atoms with van der Waals surface area (Å²) in [4.78, 5) is 15.3. The summed E-state index contributed by atoms with van der Waals surface area (Å²) >= 11 is 3.59. The van der Waals surface area contributed by atoms with Crippen molar-refractivity contribution >= 4 is 87.2 Å². The van der Waals surface area contributed by atoms with Crippen LogP contribution in [0.5, 0.6) is 0 Å². The quantitative estimate of drug-likeness (QED) is 0.158. The van der Waals surface area contributed by atoms with Crippen LogP contribution in [0.2, 0.25) is 0 Å². The zero-order valence-electron chi connectivity index (χ0n) is 31.6. The molecule has 276 valence electrons. The van der Waals surface area contributed by atoms with Crippen LogP contribution in [0, 0.1) is 0 Å². The second-order valence-corrected chi connectivity index (χ2v) is 17.8. The Kier molecular flexibility index (Phi) is 8.70. The molecular formula is C50H44N4S2. The molecule has 0 amide bonds. The van der Waals surface area contributed by atoms with E-state index in [9.17, 15) is 0 Å². The predicted molar refractivity (Wildman–Crippen MR) is 242 cm³/mol. The fourth-order valence-corrected chi connectivity index (χ4v) is 11.4. The first-order valence-electron chi connectivity index (χ1n) is 20.5. The van der Waals surface area contributed by atoms with Gasteiger partial charge in [-0.05, 0) is 149 Å². The van der Waals surface area contributed by atoms with Gasteiger partial charge in [0.25, 0.3) is 0 Å². The number of thiazole rings is 2. The largest absolute Gasteiger partial charge is 0.372 e. The minimum atomic E-state index is 0.987. The van der Waals surface area contributed by atoms with E-state index in [0.717, 1.165) is 60.1 Å². The second-order valence-electron chi connectivity index (χ2n) is 15.7. The summed E-state index contributed by atoms with van der Waals surface area (Å²) in [5, 5.41) is 7.61. The maximum absolute atomic E-state index is 5.04. The lowest BCUT2D eigenvalue weighted by molar-refractivity contribution is 0.578. The number of aromatic nitrogens is 2. The van der Waals surface area contributed by atoms with E-state index >= 15 is 0 Å². The van der Waals surface area contributed by atoms with Crippen molar-refractivity contribution in [2.24, 2.45) is 0 Å². The van der Waals surface area contributed by atoms with Gasteiger partial charge in [-0.15, -0.1) is 22.7 Å². The lowest BCUT2D eigenvalue weighted by Gasteiger charge is -2.31. The number of para-hydroxylation sites is 2. The van der Waals surface area contributed by atoms with Crippen LogP contribution in [-0.4, -0.2) is 36.1 Å². The normalized spacial score (nSPS) is 16.6. The smallest absolute Gasteiger partial charge is 0.124 e. The van der Waals surface area contributed by atoms with Gasteiger partial charge in [0.15, 0.2) is 0 Å². The molecule has 0 atom stereocenters. The first kappa shape index (κ1) is 34.0. The number of benzene rings is 6. The van der Waals surface area contributed by atoms with Crippen LogP contribution in [0.25, 0.3) is 74.8 Å². The summed E-state index contributed by atoms with van der Waals surface area (Å²) in [6.45, 7) is 4.51. The van der Waals surface area contributed by atoms with Crippen LogP contribution in [0.15, 0.2) is 121 Å². The molecule has 4 heterocycles. The summed E-state index contributed by atoms with van der Waals surface area (Å²) in [7, 11) is 0. The lowest BCUT2D eigenvalue weighted by atomic mass is 9.82. The molecule has 0 bridgehead atoms. The summed E-state index contributed by atoms with van der Waals surface area (Å²) in [5.41, 5.74) is 12.8. The standard InChI is InChI=1S/C50H44N4S2/c1-7-27-53(28-8-1)37-23-25-39-41(31-37)47(33-15-19-35(20-16-33)49-51-43-11-3-5-13-45(43)55-49)40-26-24-38(54-29-9-2-10-30-54)32-42(40)48(39)34-17-21-36(22-18-34)50-52-44-12-4-6-14-46(44)56-50/h3-6,11-17,19-21,23-26,31-32H,1-2,7-10,18,22,27-30H2. The van der Waals surface area contributed by atoms with Gasteiger partial charge in [0.2, 0.25) is 0 Å². The molecule has 2 aliphatic heterocycles. The van der Waals surface area contributed by atoms with Crippen molar-refractivity contribution in [3.8, 4) is 21.7 Å². The molecule has 2 aromatic heterocycles. The average molecular weight is 765 g/mol. The predicted octanol–water partition coefficient (Wildman–Crippen LogP) is 13.8. The number of allylic oxidation sites excluding steroid dienone is 4. The first-order valence-corrected chi connectivity index (χ1v) is 22.1. The van der Waals surface area contributed by atoms with Crippen molar-refractivity contribution in [3.63, 3.8) is 0 Å². The number of nitrogens with zero attached hydrogens (tertiary/aromatic N) is 4. The van der Waals surface area contributed by atoms with E-state index in [2.05, 4.69) is 131 Å². The molecule has 56 heavy (non-hydrogen) atoms. The number of hydrogen-bond acceptors (Lipinski definition) is 6. The Balaban J connectivity index is 1.11. The van der Waals surface area contributed by atoms with Crippen LogP contribution < -0.4 is 9.80 Å². The monoisotopic (exact) mass is 764 g/mol. The molecule has 11 rings (SSSR count).